The van der Waals surface area contributed by atoms with Crippen LogP contribution in [-0.2, 0) is 9.47 Å². The van der Waals surface area contributed by atoms with Gasteiger partial charge in [-0.25, -0.2) is 0 Å². The van der Waals surface area contributed by atoms with Gasteiger partial charge in [0.25, 0.3) is 0 Å². The van der Waals surface area contributed by atoms with Crippen LogP contribution < -0.4 is 0 Å². The predicted octanol–water partition coefficient (Wildman–Crippen LogP) is 1.30. The summed E-state index contributed by atoms with van der Waals surface area (Å²) in [4.78, 5) is 0. The Hall–Kier alpha value is -0.120. The molecule has 1 heterocycles. The van der Waals surface area contributed by atoms with Gasteiger partial charge in [-0.2, -0.15) is 0 Å². The van der Waals surface area contributed by atoms with Crippen LogP contribution in [0.15, 0.2) is 0 Å². The lowest BCUT2D eigenvalue weighted by atomic mass is 10.1. The van der Waals surface area contributed by atoms with Gasteiger partial charge in [0, 0.05) is 6.61 Å². The summed E-state index contributed by atoms with van der Waals surface area (Å²) < 4.78 is 11.1. The highest BCUT2D eigenvalue weighted by molar-refractivity contribution is 4.73. The van der Waals surface area contributed by atoms with Crippen molar-refractivity contribution in [1.82, 2.24) is 0 Å². The molecule has 1 fully saturated rings. The number of hydrogen-bond donors (Lipinski definition) is 1. The molecule has 1 saturated heterocycles. The summed E-state index contributed by atoms with van der Waals surface area (Å²) in [6.45, 7) is 6.04. The van der Waals surface area contributed by atoms with E-state index >= 15 is 0 Å². The van der Waals surface area contributed by atoms with Crippen molar-refractivity contribution < 1.29 is 14.6 Å². The molecule has 0 aliphatic carbocycles. The fourth-order valence-electron chi connectivity index (χ4n) is 1.70. The zero-order chi connectivity index (χ0) is 9.19. The number of hydrogen-bond acceptors (Lipinski definition) is 3. The molecule has 0 saturated carbocycles. The molecule has 0 aromatic heterocycles. The molecule has 1 N–H and O–H groups in total. The van der Waals surface area contributed by atoms with Gasteiger partial charge in [0.1, 0.15) is 0 Å². The monoisotopic (exact) mass is 174 g/mol. The van der Waals surface area contributed by atoms with Crippen molar-refractivity contribution in [2.24, 2.45) is 0 Å². The van der Waals surface area contributed by atoms with Gasteiger partial charge in [0.15, 0.2) is 5.79 Å². The Balaban J connectivity index is 2.46. The average Bonchev–Trinajstić information content (AvgIpc) is 1.82. The highest BCUT2D eigenvalue weighted by Gasteiger charge is 2.32. The zero-order valence-corrected chi connectivity index (χ0v) is 8.04. The van der Waals surface area contributed by atoms with Gasteiger partial charge >= 0.3 is 0 Å². The van der Waals surface area contributed by atoms with E-state index in [1.165, 1.54) is 0 Å². The van der Waals surface area contributed by atoms with Gasteiger partial charge in [-0.15, -0.1) is 0 Å². The molecule has 0 aromatic rings. The summed E-state index contributed by atoms with van der Waals surface area (Å²) in [7, 11) is 0. The highest BCUT2D eigenvalue weighted by Crippen LogP contribution is 2.27. The van der Waals surface area contributed by atoms with Crippen molar-refractivity contribution >= 4 is 0 Å². The van der Waals surface area contributed by atoms with E-state index in [1.807, 2.05) is 20.8 Å². The van der Waals surface area contributed by atoms with Crippen molar-refractivity contribution in [2.45, 2.75) is 51.6 Å². The minimum Gasteiger partial charge on any atom is -0.396 e. The Kier molecular flexibility index (Phi) is 3.09. The molecule has 2 atom stereocenters. The van der Waals surface area contributed by atoms with Crippen molar-refractivity contribution in [3.05, 3.63) is 0 Å². The summed E-state index contributed by atoms with van der Waals surface area (Å²) in [6.07, 6.45) is 1.96. The van der Waals surface area contributed by atoms with Crippen molar-refractivity contribution in [2.75, 3.05) is 6.61 Å². The highest BCUT2D eigenvalue weighted by atomic mass is 16.7. The Bertz CT molecular complexity index is 145. The normalized spacial score (nSPS) is 35.0. The molecule has 72 valence electrons. The molecular weight excluding hydrogens is 156 g/mol. The molecule has 0 amide bonds. The van der Waals surface area contributed by atoms with Crippen LogP contribution in [0.25, 0.3) is 0 Å². The molecule has 1 aliphatic heterocycles. The summed E-state index contributed by atoms with van der Waals surface area (Å²) in [5.74, 6) is -0.489. The lowest BCUT2D eigenvalue weighted by molar-refractivity contribution is -0.297. The third kappa shape index (κ3) is 2.73. The number of ether oxygens (including phenoxy) is 2. The number of aliphatic hydroxyl groups excluding tert-OH is 1. The molecule has 0 unspecified atom stereocenters. The summed E-state index contributed by atoms with van der Waals surface area (Å²) in [5.41, 5.74) is 0. The van der Waals surface area contributed by atoms with Gasteiger partial charge < -0.3 is 14.6 Å². The first-order chi connectivity index (χ1) is 5.53. The van der Waals surface area contributed by atoms with Crippen LogP contribution in [0.4, 0.5) is 0 Å². The van der Waals surface area contributed by atoms with E-state index in [2.05, 4.69) is 0 Å². The lowest BCUT2D eigenvalue weighted by Gasteiger charge is -2.39. The van der Waals surface area contributed by atoms with E-state index in [-0.39, 0.29) is 18.8 Å². The van der Waals surface area contributed by atoms with Crippen LogP contribution in [-0.4, -0.2) is 29.7 Å². The van der Waals surface area contributed by atoms with Gasteiger partial charge in [-0.05, 0) is 33.6 Å². The zero-order valence-electron chi connectivity index (χ0n) is 8.04. The molecule has 3 heteroatoms. The standard InChI is InChI=1S/C9H18O3/c1-7-6-8(4-5-10)12-9(2,3)11-7/h7-8,10H,4-6H2,1-3H3/t7-,8-/m1/s1. The maximum Gasteiger partial charge on any atom is 0.163 e. The van der Waals surface area contributed by atoms with E-state index in [1.54, 1.807) is 0 Å². The van der Waals surface area contributed by atoms with Crippen LogP contribution in [0.3, 0.4) is 0 Å². The van der Waals surface area contributed by atoms with E-state index in [0.717, 1.165) is 6.42 Å². The lowest BCUT2D eigenvalue weighted by Crippen LogP contribution is -2.43. The molecule has 0 bridgehead atoms. The SMILES string of the molecule is C[C@@H]1C[C@@H](CCO)OC(C)(C)O1. The molecular formula is C9H18O3. The van der Waals surface area contributed by atoms with Crippen molar-refractivity contribution in [3.8, 4) is 0 Å². The summed E-state index contributed by atoms with van der Waals surface area (Å²) >= 11 is 0. The fraction of sp³-hybridized carbons (Fsp3) is 1.00. The van der Waals surface area contributed by atoms with Gasteiger partial charge in [-0.1, -0.05) is 0 Å². The van der Waals surface area contributed by atoms with Crippen molar-refractivity contribution in [3.63, 3.8) is 0 Å². The Morgan fingerprint density at radius 2 is 2.08 bits per heavy atom. The Morgan fingerprint density at radius 3 is 2.58 bits per heavy atom. The number of rotatable bonds is 2. The van der Waals surface area contributed by atoms with Gasteiger partial charge in [0.05, 0.1) is 12.2 Å². The third-order valence-corrected chi connectivity index (χ3v) is 1.98. The minimum absolute atomic E-state index is 0.147. The second-order valence-electron chi connectivity index (χ2n) is 3.82. The molecule has 0 radical (unpaired) electrons. The van der Waals surface area contributed by atoms with E-state index in [9.17, 15) is 0 Å². The molecule has 0 aromatic carbocycles. The summed E-state index contributed by atoms with van der Waals surface area (Å²) in [5, 5.41) is 8.75. The fourth-order valence-corrected chi connectivity index (χ4v) is 1.70. The van der Waals surface area contributed by atoms with Crippen LogP contribution in [0.5, 0.6) is 0 Å². The van der Waals surface area contributed by atoms with Gasteiger partial charge in [-0.3, -0.25) is 0 Å². The quantitative estimate of drug-likeness (QED) is 0.685. The second kappa shape index (κ2) is 3.73. The first-order valence-electron chi connectivity index (χ1n) is 4.50. The number of aliphatic hydroxyl groups is 1. The maximum absolute atomic E-state index is 8.75. The molecule has 12 heavy (non-hydrogen) atoms. The molecule has 0 spiro atoms. The maximum atomic E-state index is 8.75. The predicted molar refractivity (Wildman–Crippen MR) is 45.8 cm³/mol. The molecule has 1 aliphatic rings. The second-order valence-corrected chi connectivity index (χ2v) is 3.82. The smallest absolute Gasteiger partial charge is 0.163 e. The van der Waals surface area contributed by atoms with E-state index < -0.39 is 5.79 Å². The first-order valence-corrected chi connectivity index (χ1v) is 4.50. The minimum atomic E-state index is -0.489. The van der Waals surface area contributed by atoms with Crippen LogP contribution >= 0.6 is 0 Å². The van der Waals surface area contributed by atoms with Crippen LogP contribution in [0.1, 0.15) is 33.6 Å². The first kappa shape index (κ1) is 9.96. The van der Waals surface area contributed by atoms with Crippen LogP contribution in [0.2, 0.25) is 0 Å². The molecule has 3 nitrogen and oxygen atoms in total. The molecule has 1 rings (SSSR count). The largest absolute Gasteiger partial charge is 0.396 e. The Labute approximate surface area is 73.7 Å². The summed E-state index contributed by atoms with van der Waals surface area (Å²) in [6, 6.07) is 0. The van der Waals surface area contributed by atoms with E-state index in [0.29, 0.717) is 6.42 Å². The Morgan fingerprint density at radius 1 is 1.42 bits per heavy atom. The van der Waals surface area contributed by atoms with Gasteiger partial charge in [0.2, 0.25) is 0 Å². The topological polar surface area (TPSA) is 38.7 Å². The third-order valence-electron chi connectivity index (χ3n) is 1.98. The van der Waals surface area contributed by atoms with Crippen LogP contribution in [0, 0.1) is 0 Å². The van der Waals surface area contributed by atoms with Crippen molar-refractivity contribution in [1.29, 1.82) is 0 Å². The average molecular weight is 174 g/mol. The van der Waals surface area contributed by atoms with E-state index in [4.69, 9.17) is 14.6 Å².